The molecule has 1 fully saturated rings. The Bertz CT molecular complexity index is 1230. The first kappa shape index (κ1) is 12.2. The molecule has 0 spiro atoms. The number of hydrogen-bond donors (Lipinski definition) is 0. The van der Waals surface area contributed by atoms with Crippen LogP contribution in [0, 0.1) is 0 Å². The molecule has 1 aliphatic rings. The molecule has 1 aromatic carbocycles. The van der Waals surface area contributed by atoms with Gasteiger partial charge in [0, 0.05) is 11.3 Å². The minimum Gasteiger partial charge on any atom is -0.332 e. The zero-order valence-corrected chi connectivity index (χ0v) is 12.5. The molecule has 8 nitrogen and oxygen atoms in total. The van der Waals surface area contributed by atoms with Crippen LogP contribution in [-0.4, -0.2) is 34.1 Å². The molecule has 0 unspecified atom stereocenters. The van der Waals surface area contributed by atoms with Gasteiger partial charge in [0.1, 0.15) is 12.7 Å². The quantitative estimate of drug-likeness (QED) is 0.497. The van der Waals surface area contributed by atoms with Gasteiger partial charge in [0.2, 0.25) is 0 Å². The summed E-state index contributed by atoms with van der Waals surface area (Å²) in [5, 5.41) is 9.46. The molecule has 5 aromatic rings. The second-order valence-electron chi connectivity index (χ2n) is 6.03. The number of hydrogen-bond acceptors (Lipinski definition) is 6. The van der Waals surface area contributed by atoms with E-state index in [-0.39, 0.29) is 0 Å². The highest BCUT2D eigenvalue weighted by molar-refractivity contribution is 5.95. The molecule has 4 heterocycles. The summed E-state index contributed by atoms with van der Waals surface area (Å²) in [6.45, 7) is 0. The van der Waals surface area contributed by atoms with E-state index in [1.165, 1.54) is 0 Å². The van der Waals surface area contributed by atoms with E-state index >= 15 is 0 Å². The Morgan fingerprint density at radius 3 is 2.96 bits per heavy atom. The van der Waals surface area contributed by atoms with Crippen molar-refractivity contribution in [3.05, 3.63) is 42.7 Å². The molecule has 6 rings (SSSR count). The maximum absolute atomic E-state index is 5.46. The van der Waals surface area contributed by atoms with Crippen molar-refractivity contribution in [1.29, 1.82) is 0 Å². The highest BCUT2D eigenvalue weighted by Crippen LogP contribution is 2.39. The second kappa shape index (κ2) is 4.16. The van der Waals surface area contributed by atoms with Gasteiger partial charge in [-0.1, -0.05) is 17.3 Å². The van der Waals surface area contributed by atoms with Gasteiger partial charge in [-0.3, -0.25) is 4.40 Å². The van der Waals surface area contributed by atoms with E-state index in [0.29, 0.717) is 17.5 Å². The predicted molar refractivity (Wildman–Crippen MR) is 84.5 cm³/mol. The zero-order chi connectivity index (χ0) is 15.7. The van der Waals surface area contributed by atoms with E-state index < -0.39 is 0 Å². The SMILES string of the molecule is c1ccc2c(c1)c1ncnn1c1c(-c3nc(C4CC4)no3)ncn21. The van der Waals surface area contributed by atoms with Crippen LogP contribution < -0.4 is 0 Å². The summed E-state index contributed by atoms with van der Waals surface area (Å²) in [5.74, 6) is 1.62. The van der Waals surface area contributed by atoms with Crippen LogP contribution in [0.15, 0.2) is 41.4 Å². The van der Waals surface area contributed by atoms with Crippen LogP contribution in [0.4, 0.5) is 0 Å². The van der Waals surface area contributed by atoms with Crippen molar-refractivity contribution in [3.8, 4) is 11.6 Å². The fraction of sp³-hybridized carbons (Fsp3) is 0.188. The smallest absolute Gasteiger partial charge is 0.280 e. The van der Waals surface area contributed by atoms with E-state index in [2.05, 4.69) is 25.2 Å². The third kappa shape index (κ3) is 1.49. The highest BCUT2D eigenvalue weighted by Gasteiger charge is 2.30. The van der Waals surface area contributed by atoms with Crippen molar-refractivity contribution in [2.75, 3.05) is 0 Å². The monoisotopic (exact) mass is 317 g/mol. The predicted octanol–water partition coefficient (Wildman–Crippen LogP) is 2.46. The number of imidazole rings is 1. The Labute approximate surface area is 134 Å². The molecule has 0 saturated heterocycles. The fourth-order valence-corrected chi connectivity index (χ4v) is 3.16. The molecular weight excluding hydrogens is 306 g/mol. The standard InChI is InChI=1S/C16H11N7O/c1-2-4-11-10(3-1)14-17-7-19-23(14)16-12(18-8-22(11)16)15-20-13(21-24-15)9-5-6-9/h1-4,7-9H,5-6H2. The average Bonchev–Trinajstić information content (AvgIpc) is 3.05. The van der Waals surface area contributed by atoms with Crippen LogP contribution in [-0.2, 0) is 0 Å². The average molecular weight is 317 g/mol. The molecule has 116 valence electrons. The fourth-order valence-electron chi connectivity index (χ4n) is 3.16. The first-order valence-corrected chi connectivity index (χ1v) is 7.81. The van der Waals surface area contributed by atoms with E-state index in [1.807, 2.05) is 28.7 Å². The Morgan fingerprint density at radius 2 is 2.04 bits per heavy atom. The van der Waals surface area contributed by atoms with Crippen LogP contribution in [0.3, 0.4) is 0 Å². The highest BCUT2D eigenvalue weighted by atomic mass is 16.5. The number of aromatic nitrogens is 7. The van der Waals surface area contributed by atoms with Crippen molar-refractivity contribution >= 4 is 22.2 Å². The molecule has 1 aliphatic carbocycles. The maximum atomic E-state index is 5.46. The zero-order valence-electron chi connectivity index (χ0n) is 12.5. The largest absolute Gasteiger partial charge is 0.332 e. The van der Waals surface area contributed by atoms with Gasteiger partial charge in [-0.15, -0.1) is 0 Å². The van der Waals surface area contributed by atoms with Crippen LogP contribution in [0.2, 0.25) is 0 Å². The summed E-state index contributed by atoms with van der Waals surface area (Å²) in [7, 11) is 0. The number of fused-ring (bicyclic) bond motifs is 6. The van der Waals surface area contributed by atoms with Gasteiger partial charge >= 0.3 is 0 Å². The van der Waals surface area contributed by atoms with Crippen LogP contribution in [0.1, 0.15) is 24.6 Å². The topological polar surface area (TPSA) is 86.4 Å². The minimum atomic E-state index is 0.423. The third-order valence-electron chi connectivity index (χ3n) is 4.48. The van der Waals surface area contributed by atoms with Crippen molar-refractivity contribution in [3.63, 3.8) is 0 Å². The second-order valence-corrected chi connectivity index (χ2v) is 6.03. The molecule has 0 N–H and O–H groups in total. The third-order valence-corrected chi connectivity index (χ3v) is 4.48. The van der Waals surface area contributed by atoms with Gasteiger partial charge in [0.15, 0.2) is 22.8 Å². The summed E-state index contributed by atoms with van der Waals surface area (Å²) in [4.78, 5) is 13.4. The first-order valence-electron chi connectivity index (χ1n) is 7.81. The molecular formula is C16H11N7O. The van der Waals surface area contributed by atoms with E-state index in [0.717, 1.165) is 40.9 Å². The molecule has 0 bridgehead atoms. The van der Waals surface area contributed by atoms with Gasteiger partial charge in [-0.2, -0.15) is 14.6 Å². The first-order chi connectivity index (χ1) is 11.9. The van der Waals surface area contributed by atoms with Crippen LogP contribution >= 0.6 is 0 Å². The molecule has 24 heavy (non-hydrogen) atoms. The summed E-state index contributed by atoms with van der Waals surface area (Å²) in [5.41, 5.74) is 3.18. The number of nitrogens with zero attached hydrogens (tertiary/aromatic N) is 7. The van der Waals surface area contributed by atoms with Crippen molar-refractivity contribution in [2.45, 2.75) is 18.8 Å². The molecule has 8 heteroatoms. The van der Waals surface area contributed by atoms with Crippen molar-refractivity contribution in [2.24, 2.45) is 0 Å². The number of benzene rings is 1. The Kier molecular flexibility index (Phi) is 2.11. The van der Waals surface area contributed by atoms with E-state index in [1.54, 1.807) is 17.2 Å². The van der Waals surface area contributed by atoms with E-state index in [9.17, 15) is 0 Å². The molecule has 0 amide bonds. The number of para-hydroxylation sites is 1. The minimum absolute atomic E-state index is 0.423. The number of rotatable bonds is 2. The van der Waals surface area contributed by atoms with Gasteiger partial charge in [-0.25, -0.2) is 9.97 Å². The normalized spacial score (nSPS) is 15.0. The van der Waals surface area contributed by atoms with Gasteiger partial charge < -0.3 is 4.52 Å². The lowest BCUT2D eigenvalue weighted by Gasteiger charge is -2.05. The summed E-state index contributed by atoms with van der Waals surface area (Å²) < 4.78 is 9.21. The maximum Gasteiger partial charge on any atom is 0.280 e. The van der Waals surface area contributed by atoms with Crippen LogP contribution in [0.5, 0.6) is 0 Å². The Balaban J connectivity index is 1.73. The molecule has 1 saturated carbocycles. The lowest BCUT2D eigenvalue weighted by Crippen LogP contribution is -1.99. The lowest BCUT2D eigenvalue weighted by molar-refractivity contribution is 0.422. The van der Waals surface area contributed by atoms with Gasteiger partial charge in [-0.05, 0) is 25.0 Å². The van der Waals surface area contributed by atoms with Gasteiger partial charge in [0.05, 0.1) is 5.52 Å². The lowest BCUT2D eigenvalue weighted by atomic mass is 10.2. The van der Waals surface area contributed by atoms with Crippen molar-refractivity contribution < 1.29 is 4.52 Å². The van der Waals surface area contributed by atoms with Crippen molar-refractivity contribution in [1.82, 2.24) is 34.1 Å². The molecule has 0 radical (unpaired) electrons. The molecule has 0 aliphatic heterocycles. The Morgan fingerprint density at radius 1 is 1.12 bits per heavy atom. The summed E-state index contributed by atoms with van der Waals surface area (Å²) in [6.07, 6.45) is 5.55. The summed E-state index contributed by atoms with van der Waals surface area (Å²) in [6, 6.07) is 8.04. The Hall–Kier alpha value is -3.29. The van der Waals surface area contributed by atoms with E-state index in [4.69, 9.17) is 4.52 Å². The summed E-state index contributed by atoms with van der Waals surface area (Å²) >= 11 is 0. The molecule has 0 atom stereocenters. The van der Waals surface area contributed by atoms with Gasteiger partial charge in [0.25, 0.3) is 5.89 Å². The molecule has 4 aromatic heterocycles. The van der Waals surface area contributed by atoms with Crippen LogP contribution in [0.25, 0.3) is 33.8 Å².